The van der Waals surface area contributed by atoms with E-state index in [1.807, 2.05) is 13.0 Å². The average Bonchev–Trinajstić information content (AvgIpc) is 3.19. The Morgan fingerprint density at radius 2 is 2.10 bits per heavy atom. The van der Waals surface area contributed by atoms with Crippen molar-refractivity contribution in [3.8, 4) is 5.75 Å². The fourth-order valence-electron chi connectivity index (χ4n) is 3.84. The van der Waals surface area contributed by atoms with Crippen LogP contribution < -0.4 is 14.8 Å². The Balaban J connectivity index is 1.71. The molecule has 4 rings (SSSR count). The Labute approximate surface area is 177 Å². The van der Waals surface area contributed by atoms with Crippen LogP contribution in [0.4, 0.5) is 5.69 Å². The van der Waals surface area contributed by atoms with Gasteiger partial charge in [0, 0.05) is 43.2 Å². The predicted octanol–water partition coefficient (Wildman–Crippen LogP) is 3.34. The van der Waals surface area contributed by atoms with Gasteiger partial charge in [0.1, 0.15) is 11.3 Å². The van der Waals surface area contributed by atoms with E-state index in [0.29, 0.717) is 24.0 Å². The minimum atomic E-state index is -3.81. The van der Waals surface area contributed by atoms with Crippen molar-refractivity contribution < 1.29 is 17.6 Å². The molecule has 1 fully saturated rings. The number of piperazine rings is 1. The number of sulfonamides is 1. The first-order valence-electron chi connectivity index (χ1n) is 10.00. The monoisotopic (exact) mass is 429 g/mol. The number of anilines is 1. The zero-order valence-corrected chi connectivity index (χ0v) is 18.3. The van der Waals surface area contributed by atoms with E-state index >= 15 is 0 Å². The van der Waals surface area contributed by atoms with E-state index in [-0.39, 0.29) is 4.90 Å². The lowest BCUT2D eigenvalue weighted by Crippen LogP contribution is -2.49. The molecule has 2 aromatic carbocycles. The lowest BCUT2D eigenvalue weighted by molar-refractivity contribution is 0.165. The fourth-order valence-corrected chi connectivity index (χ4v) is 4.99. The van der Waals surface area contributed by atoms with Crippen molar-refractivity contribution in [3.63, 3.8) is 0 Å². The average molecular weight is 430 g/mol. The molecular formula is C22H27N3O4S. The van der Waals surface area contributed by atoms with E-state index in [2.05, 4.69) is 21.9 Å². The first kappa shape index (κ1) is 20.7. The Hall–Kier alpha value is -2.55. The number of benzene rings is 2. The second-order valence-corrected chi connectivity index (χ2v) is 9.44. The molecule has 3 aromatic rings. The van der Waals surface area contributed by atoms with Crippen LogP contribution >= 0.6 is 0 Å². The number of ether oxygens (including phenoxy) is 1. The van der Waals surface area contributed by atoms with Crippen molar-refractivity contribution in [2.45, 2.75) is 31.3 Å². The molecule has 1 unspecified atom stereocenters. The first-order chi connectivity index (χ1) is 14.4. The topological polar surface area (TPSA) is 83.8 Å². The number of aryl methyl sites for hydroxylation is 1. The van der Waals surface area contributed by atoms with Gasteiger partial charge in [-0.25, -0.2) is 8.42 Å². The fraction of sp³-hybridized carbons (Fsp3) is 0.364. The number of hydrogen-bond acceptors (Lipinski definition) is 6. The maximum Gasteiger partial charge on any atom is 0.262 e. The van der Waals surface area contributed by atoms with Crippen LogP contribution in [0.2, 0.25) is 0 Å². The third-order valence-corrected chi connectivity index (χ3v) is 6.87. The van der Waals surface area contributed by atoms with Crippen LogP contribution in [0.15, 0.2) is 52.0 Å². The SMILES string of the molecule is COc1ccc(C)cc1NS(=O)(=O)c1cc(CN2CCNCC2C)c2occc2c1. The minimum absolute atomic E-state index is 0.206. The molecule has 1 aromatic heterocycles. The van der Waals surface area contributed by atoms with Gasteiger partial charge in [0.05, 0.1) is 24.0 Å². The normalized spacial score (nSPS) is 17.9. The van der Waals surface area contributed by atoms with Crippen LogP contribution in [-0.4, -0.2) is 46.1 Å². The van der Waals surface area contributed by atoms with Gasteiger partial charge in [-0.1, -0.05) is 6.07 Å². The van der Waals surface area contributed by atoms with Crippen molar-refractivity contribution in [1.82, 2.24) is 10.2 Å². The maximum atomic E-state index is 13.2. The quantitative estimate of drug-likeness (QED) is 0.625. The molecule has 1 aliphatic heterocycles. The van der Waals surface area contributed by atoms with E-state index in [1.165, 1.54) is 7.11 Å². The molecule has 0 bridgehead atoms. The molecule has 0 amide bonds. The van der Waals surface area contributed by atoms with Gasteiger partial charge >= 0.3 is 0 Å². The molecule has 1 aliphatic rings. The maximum absolute atomic E-state index is 13.2. The van der Waals surface area contributed by atoms with Crippen molar-refractivity contribution >= 4 is 26.7 Å². The van der Waals surface area contributed by atoms with Crippen LogP contribution in [0.25, 0.3) is 11.0 Å². The summed E-state index contributed by atoms with van der Waals surface area (Å²) >= 11 is 0. The van der Waals surface area contributed by atoms with E-state index in [9.17, 15) is 8.42 Å². The molecule has 2 N–H and O–H groups in total. The highest BCUT2D eigenvalue weighted by Gasteiger charge is 2.23. The van der Waals surface area contributed by atoms with Crippen molar-refractivity contribution in [1.29, 1.82) is 0 Å². The van der Waals surface area contributed by atoms with Gasteiger partial charge in [-0.05, 0) is 49.7 Å². The number of hydrogen-bond donors (Lipinski definition) is 2. The van der Waals surface area contributed by atoms with Crippen LogP contribution in [0.3, 0.4) is 0 Å². The number of furan rings is 1. The Morgan fingerprint density at radius 1 is 1.27 bits per heavy atom. The zero-order valence-electron chi connectivity index (χ0n) is 17.4. The molecule has 160 valence electrons. The van der Waals surface area contributed by atoms with Gasteiger partial charge in [-0.15, -0.1) is 0 Å². The van der Waals surface area contributed by atoms with Crippen molar-refractivity contribution in [2.75, 3.05) is 31.5 Å². The predicted molar refractivity (Wildman–Crippen MR) is 117 cm³/mol. The molecule has 2 heterocycles. The second-order valence-electron chi connectivity index (χ2n) is 7.75. The highest BCUT2D eigenvalue weighted by atomic mass is 32.2. The molecule has 1 atom stereocenters. The highest BCUT2D eigenvalue weighted by Crippen LogP contribution is 2.31. The van der Waals surface area contributed by atoms with E-state index < -0.39 is 10.0 Å². The lowest BCUT2D eigenvalue weighted by Gasteiger charge is -2.33. The molecule has 0 spiro atoms. The van der Waals surface area contributed by atoms with Gasteiger partial charge in [-0.3, -0.25) is 9.62 Å². The van der Waals surface area contributed by atoms with Crippen molar-refractivity contribution in [2.24, 2.45) is 0 Å². The van der Waals surface area contributed by atoms with Crippen molar-refractivity contribution in [3.05, 3.63) is 53.8 Å². The lowest BCUT2D eigenvalue weighted by atomic mass is 10.1. The number of methoxy groups -OCH3 is 1. The van der Waals surface area contributed by atoms with E-state index in [0.717, 1.165) is 41.7 Å². The highest BCUT2D eigenvalue weighted by molar-refractivity contribution is 7.92. The number of nitrogens with one attached hydrogen (secondary N) is 2. The molecule has 8 heteroatoms. The van der Waals surface area contributed by atoms with Gasteiger partial charge in [0.25, 0.3) is 10.0 Å². The summed E-state index contributed by atoms with van der Waals surface area (Å²) in [5.74, 6) is 0.475. The summed E-state index contributed by atoms with van der Waals surface area (Å²) in [6.45, 7) is 7.43. The molecule has 0 radical (unpaired) electrons. The van der Waals surface area contributed by atoms with Gasteiger partial charge in [0.2, 0.25) is 0 Å². The van der Waals surface area contributed by atoms with Gasteiger partial charge in [0.15, 0.2) is 0 Å². The largest absolute Gasteiger partial charge is 0.495 e. The molecule has 0 aliphatic carbocycles. The third kappa shape index (κ3) is 4.16. The summed E-state index contributed by atoms with van der Waals surface area (Å²) in [5.41, 5.74) is 2.95. The minimum Gasteiger partial charge on any atom is -0.495 e. The molecule has 1 saturated heterocycles. The Bertz CT molecular complexity index is 1160. The first-order valence-corrected chi connectivity index (χ1v) is 11.5. The Morgan fingerprint density at radius 3 is 2.87 bits per heavy atom. The van der Waals surface area contributed by atoms with E-state index in [1.54, 1.807) is 36.6 Å². The van der Waals surface area contributed by atoms with Crippen LogP contribution in [0.5, 0.6) is 5.75 Å². The summed E-state index contributed by atoms with van der Waals surface area (Å²) in [6.07, 6.45) is 1.60. The smallest absolute Gasteiger partial charge is 0.262 e. The second kappa shape index (κ2) is 8.29. The summed E-state index contributed by atoms with van der Waals surface area (Å²) in [5, 5.41) is 4.15. The number of fused-ring (bicyclic) bond motifs is 1. The van der Waals surface area contributed by atoms with Crippen LogP contribution in [-0.2, 0) is 16.6 Å². The summed E-state index contributed by atoms with van der Waals surface area (Å²) in [4.78, 5) is 2.54. The number of rotatable bonds is 6. The standard InChI is InChI=1S/C22H27N3O4S/c1-15-4-5-21(28-3)20(10-15)24-30(26,27)19-11-17-6-9-29-22(17)18(12-19)14-25-8-7-23-13-16(25)2/h4-6,9-12,16,23-24H,7-8,13-14H2,1-3H3. The molecular weight excluding hydrogens is 402 g/mol. The Kier molecular flexibility index (Phi) is 5.73. The summed E-state index contributed by atoms with van der Waals surface area (Å²) in [7, 11) is -2.29. The van der Waals surface area contributed by atoms with Gasteiger partial charge in [-0.2, -0.15) is 0 Å². The van der Waals surface area contributed by atoms with E-state index in [4.69, 9.17) is 9.15 Å². The molecule has 0 saturated carbocycles. The third-order valence-electron chi connectivity index (χ3n) is 5.52. The zero-order chi connectivity index (χ0) is 21.3. The summed E-state index contributed by atoms with van der Waals surface area (Å²) < 4.78 is 40.2. The number of nitrogens with zero attached hydrogens (tertiary/aromatic N) is 1. The molecule has 30 heavy (non-hydrogen) atoms. The van der Waals surface area contributed by atoms with Crippen LogP contribution in [0, 0.1) is 6.92 Å². The molecule has 7 nitrogen and oxygen atoms in total. The van der Waals surface area contributed by atoms with Crippen LogP contribution in [0.1, 0.15) is 18.1 Å². The summed E-state index contributed by atoms with van der Waals surface area (Å²) in [6, 6.07) is 10.9. The van der Waals surface area contributed by atoms with Gasteiger partial charge < -0.3 is 14.5 Å².